The van der Waals surface area contributed by atoms with E-state index >= 15 is 0 Å². The summed E-state index contributed by atoms with van der Waals surface area (Å²) in [5.74, 6) is 0. The first-order chi connectivity index (χ1) is 3.43. The zero-order valence-electron chi connectivity index (χ0n) is 4.39. The Morgan fingerprint density at radius 1 is 1.86 bits per heavy atom. The highest BCUT2D eigenvalue weighted by Gasteiger charge is 2.00. The Balaban J connectivity index is 2.22. The molecule has 1 aliphatic heterocycles. The molecule has 0 bridgehead atoms. The van der Waals surface area contributed by atoms with E-state index in [1.807, 2.05) is 18.3 Å². The molecular weight excluding hydrogens is 90.1 g/mol. The van der Waals surface area contributed by atoms with E-state index in [0.717, 1.165) is 13.2 Å². The van der Waals surface area contributed by atoms with E-state index in [0.29, 0.717) is 0 Å². The lowest BCUT2D eigenvalue weighted by Gasteiger charge is -2.08. The fourth-order valence-corrected chi connectivity index (χ4v) is 0.532. The normalized spacial score (nSPS) is 21.3. The van der Waals surface area contributed by atoms with Crippen molar-refractivity contribution in [3.8, 4) is 0 Å². The van der Waals surface area contributed by atoms with Crippen LogP contribution in [0.25, 0.3) is 0 Å². The molecule has 1 N–H and O–H groups in total. The summed E-state index contributed by atoms with van der Waals surface area (Å²) < 4.78 is 0. The van der Waals surface area contributed by atoms with Crippen LogP contribution in [0.5, 0.6) is 0 Å². The van der Waals surface area contributed by atoms with Gasteiger partial charge in [-0.3, -0.25) is 10.4 Å². The number of nitrogens with one attached hydrogen (secondary N) is 1. The first-order valence-electron chi connectivity index (χ1n) is 2.34. The summed E-state index contributed by atoms with van der Waals surface area (Å²) in [4.78, 5) is 3.97. The third kappa shape index (κ3) is 0.976. The quantitative estimate of drug-likeness (QED) is 0.478. The Hall–Kier alpha value is -0.410. The third-order valence-electron chi connectivity index (χ3n) is 1.000. The number of hydrogen-bond acceptors (Lipinski definition) is 3. The molecule has 1 rings (SSSR count). The van der Waals surface area contributed by atoms with Crippen molar-refractivity contribution < 1.29 is 0 Å². The van der Waals surface area contributed by atoms with Crippen molar-refractivity contribution >= 4 is 6.21 Å². The maximum atomic E-state index is 3.97. The molecule has 0 fully saturated rings. The van der Waals surface area contributed by atoms with Gasteiger partial charge >= 0.3 is 0 Å². The van der Waals surface area contributed by atoms with Crippen molar-refractivity contribution in [1.82, 2.24) is 10.4 Å². The molecule has 0 spiro atoms. The smallest absolute Gasteiger partial charge is 0.104 e. The molecule has 0 atom stereocenters. The average Bonchev–Trinajstić information content (AvgIpc) is 2.14. The Morgan fingerprint density at radius 2 is 2.71 bits per heavy atom. The molecule has 0 aromatic rings. The summed E-state index contributed by atoms with van der Waals surface area (Å²) >= 11 is 0. The van der Waals surface area contributed by atoms with E-state index in [9.17, 15) is 0 Å². The summed E-state index contributed by atoms with van der Waals surface area (Å²) in [6, 6.07) is 0. The van der Waals surface area contributed by atoms with Crippen LogP contribution in [0.4, 0.5) is 0 Å². The Kier molecular flexibility index (Phi) is 1.38. The van der Waals surface area contributed by atoms with Gasteiger partial charge in [0.15, 0.2) is 0 Å². The molecular formula is C4H9N3. The molecule has 3 heteroatoms. The van der Waals surface area contributed by atoms with Crippen LogP contribution in [-0.2, 0) is 0 Å². The van der Waals surface area contributed by atoms with Crippen molar-refractivity contribution in [2.24, 2.45) is 4.99 Å². The van der Waals surface area contributed by atoms with E-state index < -0.39 is 0 Å². The van der Waals surface area contributed by atoms with Gasteiger partial charge in [0.05, 0.1) is 6.54 Å². The van der Waals surface area contributed by atoms with Gasteiger partial charge in [-0.2, -0.15) is 0 Å². The zero-order chi connectivity index (χ0) is 5.11. The van der Waals surface area contributed by atoms with Crippen LogP contribution in [0, 0.1) is 0 Å². The molecule has 1 aliphatic rings. The van der Waals surface area contributed by atoms with Gasteiger partial charge in [0.2, 0.25) is 0 Å². The number of hydrogen-bond donors (Lipinski definition) is 1. The van der Waals surface area contributed by atoms with Gasteiger partial charge in [0.1, 0.15) is 6.67 Å². The minimum atomic E-state index is 0.802. The Bertz CT molecular complexity index is 71.0. The maximum absolute atomic E-state index is 3.97. The predicted molar refractivity (Wildman–Crippen MR) is 29.1 cm³/mol. The molecule has 0 aromatic heterocycles. The van der Waals surface area contributed by atoms with Crippen molar-refractivity contribution in [2.45, 2.75) is 0 Å². The van der Waals surface area contributed by atoms with Crippen molar-refractivity contribution in [2.75, 3.05) is 20.3 Å². The van der Waals surface area contributed by atoms with Gasteiger partial charge in [-0.25, -0.2) is 5.01 Å². The molecule has 0 aromatic carbocycles. The molecule has 0 aliphatic carbocycles. The summed E-state index contributed by atoms with van der Waals surface area (Å²) in [5.41, 5.74) is 2.97. The second-order valence-corrected chi connectivity index (χ2v) is 1.45. The Morgan fingerprint density at radius 3 is 3.00 bits per heavy atom. The molecule has 0 saturated heterocycles. The summed E-state index contributed by atoms with van der Waals surface area (Å²) in [6.45, 7) is 1.74. The topological polar surface area (TPSA) is 27.6 Å². The molecule has 0 unspecified atom stereocenters. The number of hydrazine groups is 1. The largest absolute Gasteiger partial charge is 0.279 e. The predicted octanol–water partition coefficient (Wildman–Crippen LogP) is -0.535. The van der Waals surface area contributed by atoms with Crippen LogP contribution < -0.4 is 5.43 Å². The first-order valence-corrected chi connectivity index (χ1v) is 2.34. The van der Waals surface area contributed by atoms with Crippen LogP contribution in [0.15, 0.2) is 4.99 Å². The first kappa shape index (κ1) is 4.74. The van der Waals surface area contributed by atoms with Crippen LogP contribution in [0.2, 0.25) is 0 Å². The monoisotopic (exact) mass is 99.1 g/mol. The number of rotatable bonds is 1. The highest BCUT2D eigenvalue weighted by Crippen LogP contribution is 1.85. The van der Waals surface area contributed by atoms with Gasteiger partial charge in [-0.1, -0.05) is 0 Å². The van der Waals surface area contributed by atoms with E-state index in [1.165, 1.54) is 0 Å². The Labute approximate surface area is 43.0 Å². The van der Waals surface area contributed by atoms with Crippen LogP contribution in [-0.4, -0.2) is 31.5 Å². The van der Waals surface area contributed by atoms with Crippen LogP contribution in [0.3, 0.4) is 0 Å². The van der Waals surface area contributed by atoms with Crippen molar-refractivity contribution in [3.63, 3.8) is 0 Å². The SMILES string of the molecule is CNN1CC=NC1. The molecule has 0 radical (unpaired) electrons. The van der Waals surface area contributed by atoms with Crippen molar-refractivity contribution in [1.29, 1.82) is 0 Å². The molecule has 40 valence electrons. The van der Waals surface area contributed by atoms with E-state index in [2.05, 4.69) is 10.4 Å². The highest BCUT2D eigenvalue weighted by atomic mass is 15.5. The van der Waals surface area contributed by atoms with E-state index in [4.69, 9.17) is 0 Å². The van der Waals surface area contributed by atoms with Gasteiger partial charge in [0, 0.05) is 6.21 Å². The van der Waals surface area contributed by atoms with Crippen LogP contribution >= 0.6 is 0 Å². The fraction of sp³-hybridized carbons (Fsp3) is 0.750. The average molecular weight is 99.1 g/mol. The van der Waals surface area contributed by atoms with Gasteiger partial charge < -0.3 is 0 Å². The standard InChI is InChI=1S/C4H9N3/c1-5-7-3-2-6-4-7/h2,5H,3-4H2,1H3. The summed E-state index contributed by atoms with van der Waals surface area (Å²) in [5, 5.41) is 2.01. The molecule has 0 saturated carbocycles. The zero-order valence-corrected chi connectivity index (χ0v) is 4.39. The lowest BCUT2D eigenvalue weighted by atomic mass is 10.7. The molecule has 7 heavy (non-hydrogen) atoms. The molecule has 1 heterocycles. The lowest BCUT2D eigenvalue weighted by Crippen LogP contribution is -2.32. The fourth-order valence-electron chi connectivity index (χ4n) is 0.532. The maximum Gasteiger partial charge on any atom is 0.104 e. The minimum Gasteiger partial charge on any atom is -0.279 e. The third-order valence-corrected chi connectivity index (χ3v) is 1.000. The molecule has 0 amide bonds. The van der Waals surface area contributed by atoms with E-state index in [-0.39, 0.29) is 0 Å². The number of aliphatic imine (C=N–C) groups is 1. The van der Waals surface area contributed by atoms with Gasteiger partial charge in [-0.05, 0) is 7.05 Å². The van der Waals surface area contributed by atoms with Gasteiger partial charge in [-0.15, -0.1) is 0 Å². The minimum absolute atomic E-state index is 0.802. The summed E-state index contributed by atoms with van der Waals surface area (Å²) in [7, 11) is 1.90. The van der Waals surface area contributed by atoms with Crippen molar-refractivity contribution in [3.05, 3.63) is 0 Å². The molecule has 3 nitrogen and oxygen atoms in total. The second kappa shape index (κ2) is 2.04. The summed E-state index contributed by atoms with van der Waals surface area (Å²) in [6.07, 6.45) is 1.90. The highest BCUT2D eigenvalue weighted by molar-refractivity contribution is 5.61. The van der Waals surface area contributed by atoms with Crippen LogP contribution in [0.1, 0.15) is 0 Å². The lowest BCUT2D eigenvalue weighted by molar-refractivity contribution is 0.266. The van der Waals surface area contributed by atoms with Gasteiger partial charge in [0.25, 0.3) is 0 Å². The van der Waals surface area contributed by atoms with E-state index in [1.54, 1.807) is 0 Å². The second-order valence-electron chi connectivity index (χ2n) is 1.45. The number of nitrogens with zero attached hydrogens (tertiary/aromatic N) is 2.